The van der Waals surface area contributed by atoms with Gasteiger partial charge >= 0.3 is 0 Å². The second kappa shape index (κ2) is 6.65. The van der Waals surface area contributed by atoms with Gasteiger partial charge in [-0.25, -0.2) is 4.39 Å². The zero-order chi connectivity index (χ0) is 17.4. The summed E-state index contributed by atoms with van der Waals surface area (Å²) in [6.45, 7) is 0. The van der Waals surface area contributed by atoms with E-state index >= 15 is 0 Å². The van der Waals surface area contributed by atoms with Gasteiger partial charge in [-0.3, -0.25) is 9.78 Å². The predicted octanol–water partition coefficient (Wildman–Crippen LogP) is 4.99. The molecule has 3 aromatic rings. The van der Waals surface area contributed by atoms with Crippen molar-refractivity contribution in [2.75, 3.05) is 5.75 Å². The molecule has 4 rings (SSSR count). The number of thioether (sulfide) groups is 1. The van der Waals surface area contributed by atoms with E-state index in [1.165, 1.54) is 12.1 Å². The minimum absolute atomic E-state index is 0.225. The number of amides is 1. The van der Waals surface area contributed by atoms with Crippen LogP contribution in [0.2, 0.25) is 5.02 Å². The third-order valence-corrected chi connectivity index (χ3v) is 5.57. The minimum atomic E-state index is -0.296. The summed E-state index contributed by atoms with van der Waals surface area (Å²) < 4.78 is 13.6. The van der Waals surface area contributed by atoms with E-state index in [2.05, 4.69) is 10.3 Å². The van der Waals surface area contributed by atoms with Crippen LogP contribution in [0.4, 0.5) is 4.39 Å². The number of nitrogens with one attached hydrogen (secondary N) is 1. The lowest BCUT2D eigenvalue weighted by Crippen LogP contribution is -2.31. The molecule has 1 aliphatic heterocycles. The largest absolute Gasteiger partial charge is 0.345 e. The average Bonchev–Trinajstić information content (AvgIpc) is 2.61. The maximum Gasteiger partial charge on any atom is 0.254 e. The highest BCUT2D eigenvalue weighted by molar-refractivity contribution is 7.99. The van der Waals surface area contributed by atoms with Crippen molar-refractivity contribution in [2.45, 2.75) is 17.4 Å². The lowest BCUT2D eigenvalue weighted by Gasteiger charge is -2.26. The zero-order valence-electron chi connectivity index (χ0n) is 13.1. The number of fused-ring (bicyclic) bond motifs is 2. The van der Waals surface area contributed by atoms with Crippen LogP contribution in [-0.4, -0.2) is 16.6 Å². The maximum atomic E-state index is 13.6. The van der Waals surface area contributed by atoms with Gasteiger partial charge in [-0.2, -0.15) is 0 Å². The Bertz CT molecular complexity index is 979. The monoisotopic (exact) mass is 372 g/mol. The van der Waals surface area contributed by atoms with E-state index in [1.54, 1.807) is 42.2 Å². The third kappa shape index (κ3) is 3.22. The fourth-order valence-electron chi connectivity index (χ4n) is 3.08. The molecule has 6 heteroatoms. The lowest BCUT2D eigenvalue weighted by molar-refractivity contribution is 0.0936. The molecule has 1 N–H and O–H groups in total. The number of benzene rings is 2. The van der Waals surface area contributed by atoms with Gasteiger partial charge in [0.2, 0.25) is 0 Å². The number of pyridine rings is 1. The highest BCUT2D eigenvalue weighted by Crippen LogP contribution is 2.36. The smallest absolute Gasteiger partial charge is 0.254 e. The average molecular weight is 373 g/mol. The van der Waals surface area contributed by atoms with Crippen LogP contribution in [0.25, 0.3) is 10.9 Å². The van der Waals surface area contributed by atoms with Crippen molar-refractivity contribution in [3.63, 3.8) is 0 Å². The van der Waals surface area contributed by atoms with E-state index in [0.717, 1.165) is 28.0 Å². The molecule has 0 bridgehead atoms. The molecule has 0 saturated heterocycles. The quantitative estimate of drug-likeness (QED) is 0.688. The Hall–Kier alpha value is -2.11. The first kappa shape index (κ1) is 16.4. The first-order valence-corrected chi connectivity index (χ1v) is 9.25. The van der Waals surface area contributed by atoms with Gasteiger partial charge in [0.05, 0.1) is 17.1 Å². The molecule has 0 fully saturated rings. The predicted molar refractivity (Wildman–Crippen MR) is 98.7 cm³/mol. The topological polar surface area (TPSA) is 42.0 Å². The van der Waals surface area contributed by atoms with Crippen molar-refractivity contribution in [2.24, 2.45) is 0 Å². The maximum absolute atomic E-state index is 13.6. The Morgan fingerprint density at radius 3 is 3.04 bits per heavy atom. The highest BCUT2D eigenvalue weighted by Gasteiger charge is 2.24. The molecule has 0 radical (unpaired) electrons. The molecule has 0 saturated carbocycles. The Kier molecular flexibility index (Phi) is 4.36. The molecule has 126 valence electrons. The van der Waals surface area contributed by atoms with Gasteiger partial charge in [-0.1, -0.05) is 17.7 Å². The van der Waals surface area contributed by atoms with Crippen LogP contribution in [0.1, 0.15) is 28.4 Å². The molecule has 1 atom stereocenters. The SMILES string of the molecule is O=C(NC1CCSc2ccc(F)cc21)c1cc(Cl)cc2cccnc12. The number of hydrogen-bond donors (Lipinski definition) is 1. The van der Waals surface area contributed by atoms with Crippen molar-refractivity contribution in [3.8, 4) is 0 Å². The van der Waals surface area contributed by atoms with E-state index in [1.807, 2.05) is 6.07 Å². The second-order valence-electron chi connectivity index (χ2n) is 5.87. The molecule has 1 aliphatic rings. The number of carbonyl (C=O) groups excluding carboxylic acids is 1. The summed E-state index contributed by atoms with van der Waals surface area (Å²) in [6, 6.07) is 11.6. The molecule has 25 heavy (non-hydrogen) atoms. The van der Waals surface area contributed by atoms with Crippen LogP contribution in [-0.2, 0) is 0 Å². The normalized spacial score (nSPS) is 16.5. The second-order valence-corrected chi connectivity index (χ2v) is 7.45. The Labute approximate surface area is 153 Å². The molecule has 3 nitrogen and oxygen atoms in total. The number of nitrogens with zero attached hydrogens (tertiary/aromatic N) is 1. The number of carbonyl (C=O) groups is 1. The van der Waals surface area contributed by atoms with Crippen molar-refractivity contribution in [1.29, 1.82) is 0 Å². The molecule has 1 unspecified atom stereocenters. The van der Waals surface area contributed by atoms with Crippen LogP contribution in [0.15, 0.2) is 53.6 Å². The van der Waals surface area contributed by atoms with Crippen LogP contribution < -0.4 is 5.32 Å². The first-order chi connectivity index (χ1) is 12.1. The van der Waals surface area contributed by atoms with E-state index in [9.17, 15) is 9.18 Å². The molecule has 2 heterocycles. The zero-order valence-corrected chi connectivity index (χ0v) is 14.7. The van der Waals surface area contributed by atoms with Gasteiger partial charge in [-0.15, -0.1) is 11.8 Å². The van der Waals surface area contributed by atoms with Gasteiger partial charge in [0.25, 0.3) is 5.91 Å². The van der Waals surface area contributed by atoms with Crippen LogP contribution in [0.5, 0.6) is 0 Å². The van der Waals surface area contributed by atoms with Gasteiger partial charge in [0.15, 0.2) is 0 Å². The fourth-order valence-corrected chi connectivity index (χ4v) is 4.41. The molecule has 1 aromatic heterocycles. The summed E-state index contributed by atoms with van der Waals surface area (Å²) in [4.78, 5) is 18.2. The molecular weight excluding hydrogens is 359 g/mol. The standard InChI is InChI=1S/C19H14ClFN2OS/c20-12-8-11-2-1-6-22-18(11)15(9-12)19(24)23-16-5-7-25-17-4-3-13(21)10-14(16)17/h1-4,6,8-10,16H,5,7H2,(H,23,24). The Morgan fingerprint density at radius 2 is 2.16 bits per heavy atom. The number of aromatic nitrogens is 1. The van der Waals surface area contributed by atoms with Crippen LogP contribution in [0.3, 0.4) is 0 Å². The summed E-state index contributed by atoms with van der Waals surface area (Å²) in [7, 11) is 0. The van der Waals surface area contributed by atoms with Crippen molar-refractivity contribution in [3.05, 3.63) is 70.6 Å². The highest BCUT2D eigenvalue weighted by atomic mass is 35.5. The number of rotatable bonds is 2. The first-order valence-electron chi connectivity index (χ1n) is 7.89. The van der Waals surface area contributed by atoms with E-state index in [-0.39, 0.29) is 17.8 Å². The molecule has 0 aliphatic carbocycles. The van der Waals surface area contributed by atoms with Crippen molar-refractivity contribution >= 4 is 40.2 Å². The number of hydrogen-bond acceptors (Lipinski definition) is 3. The number of halogens is 2. The summed E-state index contributed by atoms with van der Waals surface area (Å²) in [5.74, 6) is 0.326. The molecule has 1 amide bonds. The summed E-state index contributed by atoms with van der Waals surface area (Å²) in [5.41, 5.74) is 1.86. The van der Waals surface area contributed by atoms with Crippen LogP contribution in [0, 0.1) is 5.82 Å². The Morgan fingerprint density at radius 1 is 1.28 bits per heavy atom. The van der Waals surface area contributed by atoms with E-state index in [0.29, 0.717) is 16.1 Å². The van der Waals surface area contributed by atoms with Crippen molar-refractivity contribution in [1.82, 2.24) is 10.3 Å². The summed E-state index contributed by atoms with van der Waals surface area (Å²) in [5, 5.41) is 4.31. The lowest BCUT2D eigenvalue weighted by atomic mass is 10.0. The Balaban J connectivity index is 1.69. The minimum Gasteiger partial charge on any atom is -0.345 e. The van der Waals surface area contributed by atoms with Gasteiger partial charge < -0.3 is 5.32 Å². The third-order valence-electron chi connectivity index (χ3n) is 4.23. The molecule has 2 aromatic carbocycles. The fraction of sp³-hybridized carbons (Fsp3) is 0.158. The van der Waals surface area contributed by atoms with Gasteiger partial charge in [0.1, 0.15) is 5.82 Å². The van der Waals surface area contributed by atoms with E-state index in [4.69, 9.17) is 11.6 Å². The molecular formula is C19H14ClFN2OS. The van der Waals surface area contributed by atoms with E-state index < -0.39 is 0 Å². The summed E-state index contributed by atoms with van der Waals surface area (Å²) >= 11 is 7.83. The van der Waals surface area contributed by atoms with Crippen molar-refractivity contribution < 1.29 is 9.18 Å². The summed E-state index contributed by atoms with van der Waals surface area (Å²) in [6.07, 6.45) is 2.40. The molecule has 0 spiro atoms. The van der Waals surface area contributed by atoms with Gasteiger partial charge in [-0.05, 0) is 48.4 Å². The van der Waals surface area contributed by atoms with Crippen LogP contribution >= 0.6 is 23.4 Å². The van der Waals surface area contributed by atoms with Gasteiger partial charge in [0, 0.05) is 27.3 Å².